The van der Waals surface area contributed by atoms with Crippen LogP contribution in [-0.2, 0) is 0 Å². The number of rotatable bonds is 10. The maximum atomic E-state index is 13.7. The fraction of sp³-hybridized carbons (Fsp3) is 0.417. The van der Waals surface area contributed by atoms with Crippen LogP contribution in [0.3, 0.4) is 0 Å². The lowest BCUT2D eigenvalue weighted by Crippen LogP contribution is -2.38. The molecule has 0 aliphatic carbocycles. The number of hydrogen-bond donors (Lipinski definition) is 0. The number of amides is 1. The van der Waals surface area contributed by atoms with Crippen LogP contribution in [0.15, 0.2) is 30.3 Å². The molecule has 0 spiro atoms. The van der Waals surface area contributed by atoms with Crippen molar-refractivity contribution in [2.45, 2.75) is 20.8 Å². The zero-order valence-corrected chi connectivity index (χ0v) is 20.4. The molecular weight excluding hydrogens is 426 g/mol. The minimum absolute atomic E-state index is 0.131. The molecule has 0 saturated heterocycles. The molecule has 0 fully saturated rings. The fourth-order valence-corrected chi connectivity index (χ4v) is 4.64. The van der Waals surface area contributed by atoms with Crippen molar-refractivity contribution in [3.05, 3.63) is 41.5 Å². The number of methoxy groups -OCH3 is 3. The molecule has 0 radical (unpaired) electrons. The summed E-state index contributed by atoms with van der Waals surface area (Å²) in [7, 11) is 4.77. The van der Waals surface area contributed by atoms with E-state index in [9.17, 15) is 4.79 Å². The number of ether oxygens (including phenoxy) is 3. The molecule has 1 aromatic heterocycles. The van der Waals surface area contributed by atoms with Crippen LogP contribution in [0.1, 0.15) is 29.8 Å². The van der Waals surface area contributed by atoms with Crippen LogP contribution in [0, 0.1) is 6.92 Å². The second kappa shape index (κ2) is 10.7. The molecule has 0 aliphatic rings. The number of thiazole rings is 1. The third-order valence-corrected chi connectivity index (χ3v) is 6.77. The maximum absolute atomic E-state index is 13.7. The van der Waals surface area contributed by atoms with E-state index in [1.807, 2.05) is 19.1 Å². The van der Waals surface area contributed by atoms with Crippen LogP contribution >= 0.6 is 11.3 Å². The molecule has 1 amide bonds. The van der Waals surface area contributed by atoms with Crippen LogP contribution in [0.5, 0.6) is 17.2 Å². The van der Waals surface area contributed by atoms with Crippen molar-refractivity contribution in [2.75, 3.05) is 52.4 Å². The molecule has 0 aliphatic heterocycles. The minimum Gasteiger partial charge on any atom is -0.494 e. The Morgan fingerprint density at radius 1 is 0.938 bits per heavy atom. The van der Waals surface area contributed by atoms with E-state index >= 15 is 0 Å². The Kier molecular flexibility index (Phi) is 7.93. The largest absolute Gasteiger partial charge is 0.494 e. The first-order valence-corrected chi connectivity index (χ1v) is 11.5. The first-order chi connectivity index (χ1) is 15.5. The van der Waals surface area contributed by atoms with Crippen molar-refractivity contribution in [1.82, 2.24) is 9.88 Å². The van der Waals surface area contributed by atoms with Gasteiger partial charge in [0, 0.05) is 18.7 Å². The molecule has 172 valence electrons. The van der Waals surface area contributed by atoms with Crippen molar-refractivity contribution >= 4 is 32.6 Å². The van der Waals surface area contributed by atoms with Crippen molar-refractivity contribution in [2.24, 2.45) is 0 Å². The first kappa shape index (κ1) is 23.8. The van der Waals surface area contributed by atoms with Crippen LogP contribution in [0.25, 0.3) is 10.2 Å². The smallest absolute Gasteiger partial charge is 0.260 e. The zero-order chi connectivity index (χ0) is 23.3. The highest BCUT2D eigenvalue weighted by Gasteiger charge is 2.24. The van der Waals surface area contributed by atoms with Gasteiger partial charge in [-0.2, -0.15) is 0 Å². The monoisotopic (exact) mass is 457 g/mol. The van der Waals surface area contributed by atoms with E-state index in [0.717, 1.165) is 35.4 Å². The molecule has 3 aromatic rings. The molecule has 32 heavy (non-hydrogen) atoms. The summed E-state index contributed by atoms with van der Waals surface area (Å²) in [4.78, 5) is 22.5. The lowest BCUT2D eigenvalue weighted by Gasteiger charge is -2.25. The quantitative estimate of drug-likeness (QED) is 0.443. The van der Waals surface area contributed by atoms with E-state index in [4.69, 9.17) is 19.2 Å². The van der Waals surface area contributed by atoms with Gasteiger partial charge in [0.1, 0.15) is 11.3 Å². The average molecular weight is 458 g/mol. The molecule has 7 nitrogen and oxygen atoms in total. The molecule has 8 heteroatoms. The Balaban J connectivity index is 2.05. The van der Waals surface area contributed by atoms with E-state index in [0.29, 0.717) is 34.5 Å². The van der Waals surface area contributed by atoms with Crippen LogP contribution in [0.2, 0.25) is 0 Å². The number of carbonyl (C=O) groups excluding carboxylic acids is 1. The number of likely N-dealkylation sites (N-methyl/N-ethyl adjacent to an activating group) is 1. The lowest BCUT2D eigenvalue weighted by atomic mass is 10.1. The van der Waals surface area contributed by atoms with Gasteiger partial charge in [-0.05, 0) is 49.8 Å². The average Bonchev–Trinajstić information content (AvgIpc) is 3.27. The predicted octanol–water partition coefficient (Wildman–Crippen LogP) is 4.62. The van der Waals surface area contributed by atoms with Crippen molar-refractivity contribution < 1.29 is 19.0 Å². The van der Waals surface area contributed by atoms with E-state index in [2.05, 4.69) is 18.7 Å². The topological polar surface area (TPSA) is 64.1 Å². The summed E-state index contributed by atoms with van der Waals surface area (Å²) in [6.07, 6.45) is 0. The van der Waals surface area contributed by atoms with Crippen LogP contribution in [-0.4, -0.2) is 63.3 Å². The third kappa shape index (κ3) is 4.81. The van der Waals surface area contributed by atoms with Gasteiger partial charge in [-0.15, -0.1) is 0 Å². The molecule has 0 unspecified atom stereocenters. The normalized spacial score (nSPS) is 11.1. The second-order valence-electron chi connectivity index (χ2n) is 7.31. The maximum Gasteiger partial charge on any atom is 0.260 e. The number of hydrogen-bond acceptors (Lipinski definition) is 7. The van der Waals surface area contributed by atoms with E-state index < -0.39 is 0 Å². The number of aryl methyl sites for hydroxylation is 1. The molecular formula is C24H31N3O4S. The Bertz CT molecular complexity index is 1080. The van der Waals surface area contributed by atoms with E-state index in [1.165, 1.54) is 11.3 Å². The predicted molar refractivity (Wildman–Crippen MR) is 130 cm³/mol. The third-order valence-electron chi connectivity index (χ3n) is 5.55. The number of benzene rings is 2. The van der Waals surface area contributed by atoms with Gasteiger partial charge in [0.15, 0.2) is 16.6 Å². The highest BCUT2D eigenvalue weighted by atomic mass is 32.1. The summed E-state index contributed by atoms with van der Waals surface area (Å²) >= 11 is 1.51. The summed E-state index contributed by atoms with van der Waals surface area (Å²) in [6.45, 7) is 9.39. The number of aromatic nitrogens is 1. The second-order valence-corrected chi connectivity index (χ2v) is 8.29. The highest BCUT2D eigenvalue weighted by molar-refractivity contribution is 7.22. The van der Waals surface area contributed by atoms with Crippen molar-refractivity contribution in [1.29, 1.82) is 0 Å². The molecule has 0 bridgehead atoms. The molecule has 0 N–H and O–H groups in total. The zero-order valence-electron chi connectivity index (χ0n) is 19.6. The lowest BCUT2D eigenvalue weighted by molar-refractivity contribution is 0.0983. The van der Waals surface area contributed by atoms with E-state index in [1.54, 1.807) is 44.4 Å². The first-order valence-electron chi connectivity index (χ1n) is 10.7. The Labute approximate surface area is 193 Å². The van der Waals surface area contributed by atoms with Gasteiger partial charge in [0.05, 0.1) is 26.0 Å². The van der Waals surface area contributed by atoms with Gasteiger partial charge in [0.25, 0.3) is 5.91 Å². The van der Waals surface area contributed by atoms with E-state index in [-0.39, 0.29) is 5.91 Å². The van der Waals surface area contributed by atoms with Gasteiger partial charge in [-0.3, -0.25) is 9.69 Å². The Hall–Kier alpha value is -2.84. The van der Waals surface area contributed by atoms with Gasteiger partial charge >= 0.3 is 0 Å². The molecule has 1 heterocycles. The molecule has 2 aromatic carbocycles. The van der Waals surface area contributed by atoms with Crippen LogP contribution in [0.4, 0.5) is 5.13 Å². The van der Waals surface area contributed by atoms with Gasteiger partial charge in [0.2, 0.25) is 0 Å². The molecule has 0 saturated carbocycles. The minimum atomic E-state index is -0.131. The van der Waals surface area contributed by atoms with Crippen molar-refractivity contribution in [3.8, 4) is 17.2 Å². The van der Waals surface area contributed by atoms with Crippen molar-refractivity contribution in [3.63, 3.8) is 0 Å². The molecule has 3 rings (SSSR count). The standard InChI is InChI=1S/C24H31N3O4S/c1-7-26(8-2)13-14-27(23(28)17-10-12-18(29-4)20(15-17)31-6)24-25-21-19(30-5)11-9-16(3)22(21)32-24/h9-12,15H,7-8,13-14H2,1-6H3. The summed E-state index contributed by atoms with van der Waals surface area (Å²) in [5, 5.41) is 0.652. The number of fused-ring (bicyclic) bond motifs is 1. The SMILES string of the molecule is CCN(CC)CCN(C(=O)c1ccc(OC)c(OC)c1)c1nc2c(OC)ccc(C)c2s1. The summed E-state index contributed by atoms with van der Waals surface area (Å²) < 4.78 is 17.3. The molecule has 0 atom stereocenters. The Morgan fingerprint density at radius 2 is 1.59 bits per heavy atom. The highest BCUT2D eigenvalue weighted by Crippen LogP contribution is 2.37. The summed E-state index contributed by atoms with van der Waals surface area (Å²) in [5.74, 6) is 1.67. The number of anilines is 1. The van der Waals surface area contributed by atoms with Gasteiger partial charge in [-0.1, -0.05) is 31.3 Å². The number of nitrogens with zero attached hydrogens (tertiary/aromatic N) is 3. The van der Waals surface area contributed by atoms with Crippen LogP contribution < -0.4 is 19.1 Å². The van der Waals surface area contributed by atoms with Gasteiger partial charge < -0.3 is 19.1 Å². The fourth-order valence-electron chi connectivity index (χ4n) is 3.57. The number of carbonyl (C=O) groups is 1. The Morgan fingerprint density at radius 3 is 2.22 bits per heavy atom. The van der Waals surface area contributed by atoms with Gasteiger partial charge in [-0.25, -0.2) is 4.98 Å². The summed E-state index contributed by atoms with van der Waals surface area (Å²) in [5.41, 5.74) is 2.40. The summed E-state index contributed by atoms with van der Waals surface area (Å²) in [6, 6.07) is 9.15.